The Bertz CT molecular complexity index is 1270. The zero-order chi connectivity index (χ0) is 24.0. The largest absolute Gasteiger partial charge is 0.494 e. The molecule has 0 atom stereocenters. The van der Waals surface area contributed by atoms with Gasteiger partial charge in [-0.1, -0.05) is 11.3 Å². The van der Waals surface area contributed by atoms with Crippen molar-refractivity contribution in [1.82, 2.24) is 4.98 Å². The third-order valence-corrected chi connectivity index (χ3v) is 7.57. The van der Waals surface area contributed by atoms with E-state index in [1.165, 1.54) is 6.92 Å². The first-order valence-corrected chi connectivity index (χ1v) is 12.0. The van der Waals surface area contributed by atoms with Crippen LogP contribution in [0.1, 0.15) is 30.1 Å². The van der Waals surface area contributed by atoms with Crippen LogP contribution in [-0.4, -0.2) is 36.6 Å². The maximum atomic E-state index is 12.7. The van der Waals surface area contributed by atoms with Gasteiger partial charge in [-0.05, 0) is 49.7 Å². The van der Waals surface area contributed by atoms with Crippen molar-refractivity contribution in [3.8, 4) is 5.75 Å². The highest BCUT2D eigenvalue weighted by Gasteiger charge is 2.22. The van der Waals surface area contributed by atoms with Gasteiger partial charge in [0.25, 0.3) is 5.69 Å². The molecular formula is C21H19N3O7S2. The van der Waals surface area contributed by atoms with Gasteiger partial charge in [-0.2, -0.15) is 0 Å². The number of ketones is 1. The molecule has 0 saturated carbocycles. The molecule has 10 nitrogen and oxygen atoms in total. The molecular weight excluding hydrogens is 470 g/mol. The van der Waals surface area contributed by atoms with E-state index in [9.17, 15) is 28.1 Å². The number of benzene rings is 2. The smallest absolute Gasteiger partial charge is 0.269 e. The molecule has 3 aromatic rings. The van der Waals surface area contributed by atoms with Crippen LogP contribution in [0.15, 0.2) is 63.8 Å². The Morgan fingerprint density at radius 3 is 2.39 bits per heavy atom. The Kier molecular flexibility index (Phi) is 7.51. The average molecular weight is 490 g/mol. The molecule has 0 radical (unpaired) electrons. The fraction of sp³-hybridized carbons (Fsp3) is 0.190. The first-order chi connectivity index (χ1) is 15.7. The van der Waals surface area contributed by atoms with Crippen LogP contribution in [0.5, 0.6) is 5.75 Å². The van der Waals surface area contributed by atoms with Crippen molar-refractivity contribution in [3.63, 3.8) is 0 Å². The van der Waals surface area contributed by atoms with Gasteiger partial charge in [-0.25, -0.2) is 13.4 Å². The number of sulfone groups is 1. The molecule has 0 aliphatic carbocycles. The maximum Gasteiger partial charge on any atom is 0.269 e. The number of carbonyl (C=O) groups is 2. The van der Waals surface area contributed by atoms with Crippen molar-refractivity contribution < 1.29 is 27.7 Å². The molecule has 0 unspecified atom stereocenters. The molecule has 0 aliphatic heterocycles. The average Bonchev–Trinajstić information content (AvgIpc) is 3.26. The molecule has 0 saturated heterocycles. The summed E-state index contributed by atoms with van der Waals surface area (Å²) in [5.41, 5.74) is 0.364. The number of non-ortho nitro benzene ring substituents is 1. The van der Waals surface area contributed by atoms with Gasteiger partial charge in [0.1, 0.15) is 9.96 Å². The minimum absolute atomic E-state index is 0.0379. The molecule has 0 fully saturated rings. The second kappa shape index (κ2) is 10.3. The lowest BCUT2D eigenvalue weighted by Crippen LogP contribution is -2.12. The van der Waals surface area contributed by atoms with Crippen molar-refractivity contribution in [3.05, 3.63) is 70.4 Å². The number of nitro benzene ring substituents is 1. The van der Waals surface area contributed by atoms with Gasteiger partial charge < -0.3 is 10.1 Å². The van der Waals surface area contributed by atoms with Crippen LogP contribution in [-0.2, 0) is 14.6 Å². The number of nitro groups is 1. The van der Waals surface area contributed by atoms with Crippen LogP contribution < -0.4 is 10.1 Å². The summed E-state index contributed by atoms with van der Waals surface area (Å²) >= 11 is 0.790. The Balaban J connectivity index is 1.50. The lowest BCUT2D eigenvalue weighted by molar-refractivity contribution is -0.384. The SMILES string of the molecule is CC(=O)c1ccc(OCCCC(=O)Nc2ncc(S(=O)(=O)c3ccc([N+](=O)[O-])cc3)s2)cc1. The molecule has 1 amide bonds. The molecule has 0 aliphatic rings. The van der Waals surface area contributed by atoms with E-state index >= 15 is 0 Å². The van der Waals surface area contributed by atoms with Crippen LogP contribution >= 0.6 is 11.3 Å². The van der Waals surface area contributed by atoms with Crippen molar-refractivity contribution in [2.24, 2.45) is 0 Å². The molecule has 2 aromatic carbocycles. The zero-order valence-corrected chi connectivity index (χ0v) is 19.0. The summed E-state index contributed by atoms with van der Waals surface area (Å²) in [7, 11) is -3.92. The minimum atomic E-state index is -3.92. The lowest BCUT2D eigenvalue weighted by atomic mass is 10.1. The molecule has 3 rings (SSSR count). The number of nitrogens with one attached hydrogen (secondary N) is 1. The third-order valence-electron chi connectivity index (χ3n) is 4.43. The van der Waals surface area contributed by atoms with Gasteiger partial charge in [0.2, 0.25) is 15.7 Å². The number of anilines is 1. The molecule has 172 valence electrons. The maximum absolute atomic E-state index is 12.7. The monoisotopic (exact) mass is 489 g/mol. The topological polar surface area (TPSA) is 146 Å². The second-order valence-corrected chi connectivity index (χ2v) is 10.0. The Hall–Kier alpha value is -3.64. The van der Waals surface area contributed by atoms with E-state index < -0.39 is 14.8 Å². The number of Topliss-reactive ketones (excluding diaryl/α,β-unsaturated/α-hetero) is 1. The number of nitrogens with zero attached hydrogens (tertiary/aromatic N) is 2. The van der Waals surface area contributed by atoms with Gasteiger partial charge in [-0.15, -0.1) is 0 Å². The summed E-state index contributed by atoms with van der Waals surface area (Å²) in [6.07, 6.45) is 1.68. The highest BCUT2D eigenvalue weighted by atomic mass is 32.2. The van der Waals surface area contributed by atoms with E-state index in [2.05, 4.69) is 10.3 Å². The molecule has 0 spiro atoms. The predicted molar refractivity (Wildman–Crippen MR) is 120 cm³/mol. The molecule has 33 heavy (non-hydrogen) atoms. The van der Waals surface area contributed by atoms with Gasteiger partial charge in [0.05, 0.1) is 22.6 Å². The van der Waals surface area contributed by atoms with Gasteiger partial charge in [0.15, 0.2) is 10.9 Å². The van der Waals surface area contributed by atoms with Crippen LogP contribution in [0.3, 0.4) is 0 Å². The number of thiazole rings is 1. The fourth-order valence-electron chi connectivity index (χ4n) is 2.69. The summed E-state index contributed by atoms with van der Waals surface area (Å²) in [5, 5.41) is 13.4. The van der Waals surface area contributed by atoms with Crippen LogP contribution in [0, 0.1) is 10.1 Å². The summed E-state index contributed by atoms with van der Waals surface area (Å²) in [5.74, 6) is 0.199. The third kappa shape index (κ3) is 6.20. The number of amides is 1. The highest BCUT2D eigenvalue weighted by molar-refractivity contribution is 7.93. The number of carbonyl (C=O) groups excluding carboxylic acids is 2. The quantitative estimate of drug-likeness (QED) is 0.195. The molecule has 1 N–H and O–H groups in total. The standard InChI is InChI=1S/C21H19N3O7S2/c1-14(25)15-4-8-17(9-5-15)31-12-2-3-19(26)23-21-22-13-20(32-21)33(29,30)18-10-6-16(7-11-18)24(27)28/h4-11,13H,2-3,12H2,1H3,(H,22,23,26). The first kappa shape index (κ1) is 24.0. The zero-order valence-electron chi connectivity index (χ0n) is 17.4. The van der Waals surface area contributed by atoms with Crippen molar-refractivity contribution in [2.45, 2.75) is 28.9 Å². The lowest BCUT2D eigenvalue weighted by Gasteiger charge is -2.06. The summed E-state index contributed by atoms with van der Waals surface area (Å²) in [6.45, 7) is 1.76. The summed E-state index contributed by atoms with van der Waals surface area (Å²) in [4.78, 5) is 37.3. The number of ether oxygens (including phenoxy) is 1. The fourth-order valence-corrected chi connectivity index (χ4v) is 5.14. The van der Waals surface area contributed by atoms with Crippen molar-refractivity contribution in [1.29, 1.82) is 0 Å². The van der Waals surface area contributed by atoms with E-state index in [-0.39, 0.29) is 44.6 Å². The number of rotatable bonds is 10. The summed E-state index contributed by atoms with van der Waals surface area (Å²) in [6, 6.07) is 11.2. The first-order valence-electron chi connectivity index (χ1n) is 9.66. The minimum Gasteiger partial charge on any atom is -0.494 e. The number of hydrogen-bond donors (Lipinski definition) is 1. The number of hydrogen-bond acceptors (Lipinski definition) is 9. The molecule has 0 bridgehead atoms. The van der Waals surface area contributed by atoms with Crippen LogP contribution in [0.25, 0.3) is 0 Å². The Morgan fingerprint density at radius 1 is 1.12 bits per heavy atom. The van der Waals surface area contributed by atoms with E-state index in [4.69, 9.17) is 4.74 Å². The predicted octanol–water partition coefficient (Wildman–Crippen LogP) is 3.88. The van der Waals surface area contributed by atoms with Gasteiger partial charge >= 0.3 is 0 Å². The second-order valence-electron chi connectivity index (χ2n) is 6.82. The molecule has 12 heteroatoms. The van der Waals surface area contributed by atoms with E-state index in [0.717, 1.165) is 41.8 Å². The van der Waals surface area contributed by atoms with E-state index in [1.807, 2.05) is 0 Å². The van der Waals surface area contributed by atoms with Crippen LogP contribution in [0.4, 0.5) is 10.8 Å². The summed E-state index contributed by atoms with van der Waals surface area (Å²) < 4.78 is 30.8. The molecule has 1 heterocycles. The van der Waals surface area contributed by atoms with Crippen molar-refractivity contribution >= 4 is 43.7 Å². The number of aromatic nitrogens is 1. The van der Waals surface area contributed by atoms with Crippen molar-refractivity contribution in [2.75, 3.05) is 11.9 Å². The van der Waals surface area contributed by atoms with Crippen LogP contribution in [0.2, 0.25) is 0 Å². The highest BCUT2D eigenvalue weighted by Crippen LogP contribution is 2.29. The van der Waals surface area contributed by atoms with Gasteiger partial charge in [-0.3, -0.25) is 19.7 Å². The Labute approximate surface area is 193 Å². The normalized spacial score (nSPS) is 11.1. The van der Waals surface area contributed by atoms with E-state index in [0.29, 0.717) is 17.7 Å². The van der Waals surface area contributed by atoms with Gasteiger partial charge in [0, 0.05) is 24.1 Å². The molecule has 1 aromatic heterocycles. The Morgan fingerprint density at radius 2 is 1.79 bits per heavy atom. The van der Waals surface area contributed by atoms with E-state index in [1.54, 1.807) is 24.3 Å².